The molecular formula is C21H11FO6. The Morgan fingerprint density at radius 3 is 1.86 bits per heavy atom. The van der Waals surface area contributed by atoms with Gasteiger partial charge in [-0.15, -0.1) is 0 Å². The number of carboxylic acid groups (broad SMARTS) is 2. The van der Waals surface area contributed by atoms with Crippen LogP contribution in [0.1, 0.15) is 43.3 Å². The average molecular weight is 378 g/mol. The number of halogens is 1. The van der Waals surface area contributed by atoms with Crippen molar-refractivity contribution < 1.29 is 33.8 Å². The number of rotatable bonds is 3. The first-order valence-electron chi connectivity index (χ1n) is 8.21. The van der Waals surface area contributed by atoms with Crippen LogP contribution >= 0.6 is 0 Å². The van der Waals surface area contributed by atoms with Gasteiger partial charge in [0.1, 0.15) is 5.82 Å². The molecule has 0 fully saturated rings. The molecule has 28 heavy (non-hydrogen) atoms. The molecule has 0 saturated heterocycles. The van der Waals surface area contributed by atoms with Gasteiger partial charge in [0.25, 0.3) is 0 Å². The summed E-state index contributed by atoms with van der Waals surface area (Å²) in [7, 11) is 0. The van der Waals surface area contributed by atoms with Crippen LogP contribution in [-0.2, 0) is 9.59 Å². The smallest absolute Gasteiger partial charge is 0.322 e. The largest absolute Gasteiger partial charge is 0.480 e. The zero-order chi connectivity index (χ0) is 20.2. The Kier molecular flexibility index (Phi) is 3.81. The third-order valence-corrected chi connectivity index (χ3v) is 4.79. The Balaban J connectivity index is 2.04. The molecule has 0 heterocycles. The van der Waals surface area contributed by atoms with Crippen LogP contribution in [0, 0.1) is 5.82 Å². The minimum Gasteiger partial charge on any atom is -0.480 e. The number of hydrogen-bond acceptors (Lipinski definition) is 4. The van der Waals surface area contributed by atoms with E-state index in [9.17, 15) is 33.8 Å². The number of aliphatic carboxylic acids is 2. The van der Waals surface area contributed by atoms with E-state index in [1.165, 1.54) is 12.1 Å². The van der Waals surface area contributed by atoms with E-state index < -0.39 is 40.8 Å². The van der Waals surface area contributed by atoms with Crippen LogP contribution in [0.25, 0.3) is 10.8 Å². The second-order valence-electron chi connectivity index (χ2n) is 6.43. The summed E-state index contributed by atoms with van der Waals surface area (Å²) in [5.41, 5.74) is -1.18. The van der Waals surface area contributed by atoms with Crippen LogP contribution in [0.4, 0.5) is 4.39 Å². The first-order chi connectivity index (χ1) is 13.3. The normalized spacial score (nSPS) is 12.8. The molecular weight excluding hydrogens is 367 g/mol. The molecule has 0 aliphatic heterocycles. The highest BCUT2D eigenvalue weighted by molar-refractivity contribution is 6.30. The second-order valence-corrected chi connectivity index (χ2v) is 6.43. The lowest BCUT2D eigenvalue weighted by molar-refractivity contribution is -0.150. The maximum atomic E-state index is 14.1. The molecule has 7 heteroatoms. The van der Waals surface area contributed by atoms with Gasteiger partial charge in [-0.2, -0.15) is 0 Å². The van der Waals surface area contributed by atoms with Crippen molar-refractivity contribution in [3.63, 3.8) is 0 Å². The highest BCUT2D eigenvalue weighted by Gasteiger charge is 2.38. The van der Waals surface area contributed by atoms with Crippen molar-refractivity contribution in [2.24, 2.45) is 0 Å². The van der Waals surface area contributed by atoms with Gasteiger partial charge in [-0.25, -0.2) is 4.39 Å². The predicted octanol–water partition coefficient (Wildman–Crippen LogP) is 3.01. The number of carboxylic acids is 2. The zero-order valence-electron chi connectivity index (χ0n) is 14.1. The summed E-state index contributed by atoms with van der Waals surface area (Å²) in [6.07, 6.45) is 0. The molecule has 0 atom stereocenters. The monoisotopic (exact) mass is 378 g/mol. The van der Waals surface area contributed by atoms with Crippen molar-refractivity contribution in [2.75, 3.05) is 0 Å². The van der Waals surface area contributed by atoms with Gasteiger partial charge >= 0.3 is 11.9 Å². The first-order valence-corrected chi connectivity index (χ1v) is 8.21. The minimum absolute atomic E-state index is 0.0265. The van der Waals surface area contributed by atoms with Crippen LogP contribution in [0.15, 0.2) is 48.5 Å². The summed E-state index contributed by atoms with van der Waals surface area (Å²) in [6.45, 7) is 0. The van der Waals surface area contributed by atoms with Gasteiger partial charge in [0.05, 0.1) is 0 Å². The maximum absolute atomic E-state index is 14.1. The fraction of sp³-hybridized carbons (Fsp3) is 0.0476. The SMILES string of the molecule is O=C1c2cc3ccccc3cc2C(=O)c2c1cc(F)cc2C(C(=O)O)C(=O)O. The van der Waals surface area contributed by atoms with Crippen LogP contribution in [-0.4, -0.2) is 33.7 Å². The molecule has 0 spiro atoms. The summed E-state index contributed by atoms with van der Waals surface area (Å²) < 4.78 is 14.1. The van der Waals surface area contributed by atoms with Gasteiger partial charge in [-0.3, -0.25) is 19.2 Å². The van der Waals surface area contributed by atoms with E-state index in [0.717, 1.165) is 6.07 Å². The Morgan fingerprint density at radius 2 is 1.32 bits per heavy atom. The lowest BCUT2D eigenvalue weighted by Crippen LogP contribution is -2.28. The van der Waals surface area contributed by atoms with Crippen molar-refractivity contribution in [3.05, 3.63) is 82.2 Å². The number of carbonyl (C=O) groups is 4. The van der Waals surface area contributed by atoms with Gasteiger partial charge in [0.15, 0.2) is 17.5 Å². The lowest BCUT2D eigenvalue weighted by atomic mass is 9.78. The quantitative estimate of drug-likeness (QED) is 0.531. The number of fused-ring (bicyclic) bond motifs is 3. The van der Waals surface area contributed by atoms with Crippen molar-refractivity contribution in [2.45, 2.75) is 5.92 Å². The van der Waals surface area contributed by atoms with Gasteiger partial charge in [-0.05, 0) is 40.6 Å². The Morgan fingerprint density at radius 1 is 0.786 bits per heavy atom. The fourth-order valence-corrected chi connectivity index (χ4v) is 3.56. The molecule has 2 N–H and O–H groups in total. The van der Waals surface area contributed by atoms with Crippen molar-refractivity contribution in [1.29, 1.82) is 0 Å². The highest BCUT2D eigenvalue weighted by Crippen LogP contribution is 2.35. The molecule has 1 aliphatic carbocycles. The molecule has 4 rings (SSSR count). The van der Waals surface area contributed by atoms with Crippen LogP contribution in [0.3, 0.4) is 0 Å². The Hall–Kier alpha value is -3.87. The Bertz CT molecular complexity index is 1210. The molecule has 1 aliphatic rings. The number of carbonyl (C=O) groups excluding carboxylic acids is 2. The molecule has 0 amide bonds. The van der Waals surface area contributed by atoms with Crippen molar-refractivity contribution in [3.8, 4) is 0 Å². The standard InChI is InChI=1S/C21H11FO6/c22-11-7-14(17(20(25)26)21(27)28)16-15(8-11)18(23)12-5-9-3-1-2-4-10(9)6-13(12)19(16)24/h1-8,17H,(H,25,26)(H,27,28). The number of benzene rings is 3. The Labute approximate surface area is 156 Å². The number of ketones is 2. The summed E-state index contributed by atoms with van der Waals surface area (Å²) in [5.74, 6) is -8.06. The van der Waals surface area contributed by atoms with Crippen LogP contribution < -0.4 is 0 Å². The molecule has 0 radical (unpaired) electrons. The molecule has 6 nitrogen and oxygen atoms in total. The average Bonchev–Trinajstić information content (AvgIpc) is 2.64. The maximum Gasteiger partial charge on any atom is 0.322 e. The second kappa shape index (κ2) is 6.09. The van der Waals surface area contributed by atoms with E-state index in [0.29, 0.717) is 16.8 Å². The highest BCUT2D eigenvalue weighted by atomic mass is 19.1. The van der Waals surface area contributed by atoms with Crippen LogP contribution in [0.5, 0.6) is 0 Å². The molecule has 3 aromatic carbocycles. The topological polar surface area (TPSA) is 109 Å². The van der Waals surface area contributed by atoms with Gasteiger partial charge < -0.3 is 10.2 Å². The molecule has 0 bridgehead atoms. The predicted molar refractivity (Wildman–Crippen MR) is 95.2 cm³/mol. The molecule has 0 unspecified atom stereocenters. The first kappa shape index (κ1) is 17.5. The van der Waals surface area contributed by atoms with E-state index in [-0.39, 0.29) is 22.3 Å². The summed E-state index contributed by atoms with van der Waals surface area (Å²) in [4.78, 5) is 49.0. The van der Waals surface area contributed by atoms with E-state index in [4.69, 9.17) is 0 Å². The van der Waals surface area contributed by atoms with Crippen molar-refractivity contribution >= 4 is 34.3 Å². The summed E-state index contributed by atoms with van der Waals surface area (Å²) in [6, 6.07) is 11.5. The van der Waals surface area contributed by atoms with Gasteiger partial charge in [-0.1, -0.05) is 24.3 Å². The minimum atomic E-state index is -2.18. The third-order valence-electron chi connectivity index (χ3n) is 4.79. The summed E-state index contributed by atoms with van der Waals surface area (Å²) >= 11 is 0. The van der Waals surface area contributed by atoms with E-state index >= 15 is 0 Å². The molecule has 0 saturated carbocycles. The molecule has 3 aromatic rings. The van der Waals surface area contributed by atoms with E-state index in [2.05, 4.69) is 0 Å². The van der Waals surface area contributed by atoms with Gasteiger partial charge in [0.2, 0.25) is 0 Å². The molecule has 138 valence electrons. The summed E-state index contributed by atoms with van der Waals surface area (Å²) in [5, 5.41) is 19.9. The fourth-order valence-electron chi connectivity index (χ4n) is 3.56. The van der Waals surface area contributed by atoms with Crippen LogP contribution in [0.2, 0.25) is 0 Å². The van der Waals surface area contributed by atoms with E-state index in [1.54, 1.807) is 24.3 Å². The van der Waals surface area contributed by atoms with E-state index in [1.807, 2.05) is 0 Å². The third kappa shape index (κ3) is 2.48. The number of hydrogen-bond donors (Lipinski definition) is 2. The van der Waals surface area contributed by atoms with Gasteiger partial charge in [0, 0.05) is 22.3 Å². The molecule has 0 aromatic heterocycles. The lowest BCUT2D eigenvalue weighted by Gasteiger charge is -2.22. The zero-order valence-corrected chi connectivity index (χ0v) is 14.1. The van der Waals surface area contributed by atoms with Crippen molar-refractivity contribution in [1.82, 2.24) is 0 Å².